The molecule has 0 aliphatic heterocycles. The third-order valence-corrected chi connectivity index (χ3v) is 3.46. The van der Waals surface area contributed by atoms with Crippen molar-refractivity contribution in [3.05, 3.63) is 10.0 Å². The second-order valence-electron chi connectivity index (χ2n) is 3.04. The summed E-state index contributed by atoms with van der Waals surface area (Å²) in [6.45, 7) is 0. The van der Waals surface area contributed by atoms with Gasteiger partial charge in [0.2, 0.25) is 5.75 Å². The van der Waals surface area contributed by atoms with Gasteiger partial charge in [-0.1, -0.05) is 0 Å². The van der Waals surface area contributed by atoms with E-state index >= 15 is 0 Å². The number of fused-ring (bicyclic) bond motifs is 1. The molecule has 1 aromatic carbocycles. The predicted octanol–water partition coefficient (Wildman–Crippen LogP) is 2.98. The van der Waals surface area contributed by atoms with E-state index in [2.05, 4.69) is 4.98 Å². The van der Waals surface area contributed by atoms with Gasteiger partial charge in [0.05, 0.1) is 31.5 Å². The number of nitrogens with one attached hydrogen (secondary N) is 1. The minimum atomic E-state index is 0.586. The molecule has 86 valence electrons. The van der Waals surface area contributed by atoms with E-state index in [0.29, 0.717) is 21.2 Å². The largest absolute Gasteiger partial charge is 0.493 e. The van der Waals surface area contributed by atoms with E-state index < -0.39 is 0 Å². The van der Waals surface area contributed by atoms with E-state index in [9.17, 15) is 0 Å². The van der Waals surface area contributed by atoms with Crippen molar-refractivity contribution in [2.24, 2.45) is 0 Å². The summed E-state index contributed by atoms with van der Waals surface area (Å²) in [4.78, 5) is 3.08. The van der Waals surface area contributed by atoms with E-state index in [1.54, 1.807) is 21.3 Å². The van der Waals surface area contributed by atoms with Crippen molar-refractivity contribution in [2.75, 3.05) is 21.3 Å². The molecule has 2 rings (SSSR count). The monoisotopic (exact) mass is 257 g/mol. The fourth-order valence-electron chi connectivity index (χ4n) is 1.55. The molecule has 4 nitrogen and oxygen atoms in total. The van der Waals surface area contributed by atoms with Crippen LogP contribution in [-0.2, 0) is 0 Å². The van der Waals surface area contributed by atoms with Gasteiger partial charge in [0.1, 0.15) is 0 Å². The van der Waals surface area contributed by atoms with Gasteiger partial charge in [0, 0.05) is 6.07 Å². The predicted molar refractivity (Wildman–Crippen MR) is 66.7 cm³/mol. The third-order valence-electron chi connectivity index (χ3n) is 2.22. The van der Waals surface area contributed by atoms with Crippen LogP contribution in [0.15, 0.2) is 6.07 Å². The SMILES string of the molecule is COc1cc2[nH]c(=S)sc2c(OC)c1OC. The van der Waals surface area contributed by atoms with Gasteiger partial charge in [-0.3, -0.25) is 0 Å². The van der Waals surface area contributed by atoms with Crippen molar-refractivity contribution in [1.29, 1.82) is 0 Å². The summed E-state index contributed by atoms with van der Waals surface area (Å²) in [5, 5.41) is 0. The van der Waals surface area contributed by atoms with Gasteiger partial charge in [0.25, 0.3) is 0 Å². The Bertz CT molecular complexity index is 573. The maximum Gasteiger partial charge on any atom is 0.204 e. The van der Waals surface area contributed by atoms with Crippen LogP contribution in [0.4, 0.5) is 0 Å². The van der Waals surface area contributed by atoms with Crippen molar-refractivity contribution >= 4 is 33.8 Å². The van der Waals surface area contributed by atoms with Crippen molar-refractivity contribution < 1.29 is 14.2 Å². The number of H-pyrrole nitrogens is 1. The maximum atomic E-state index is 5.34. The number of methoxy groups -OCH3 is 3. The number of ether oxygens (including phenoxy) is 3. The molecule has 0 bridgehead atoms. The molecule has 1 aromatic heterocycles. The van der Waals surface area contributed by atoms with E-state index in [-0.39, 0.29) is 0 Å². The first-order chi connectivity index (χ1) is 7.71. The van der Waals surface area contributed by atoms with Crippen LogP contribution in [-0.4, -0.2) is 26.3 Å². The molecule has 2 aromatic rings. The van der Waals surface area contributed by atoms with Crippen molar-refractivity contribution in [2.45, 2.75) is 0 Å². The number of hydrogen-bond acceptors (Lipinski definition) is 5. The Labute approximate surface area is 102 Å². The number of rotatable bonds is 3. The first-order valence-corrected chi connectivity index (χ1v) is 5.75. The number of aromatic amines is 1. The Kier molecular flexibility index (Phi) is 3.02. The Balaban J connectivity index is 2.86. The molecule has 6 heteroatoms. The lowest BCUT2D eigenvalue weighted by Gasteiger charge is -2.12. The molecule has 0 fully saturated rings. The summed E-state index contributed by atoms with van der Waals surface area (Å²) in [6, 6.07) is 1.85. The molecule has 1 heterocycles. The van der Waals surface area contributed by atoms with Crippen LogP contribution in [0.1, 0.15) is 0 Å². The molecule has 0 aliphatic carbocycles. The summed E-state index contributed by atoms with van der Waals surface area (Å²) < 4.78 is 17.5. The third kappa shape index (κ3) is 1.64. The molecule has 0 radical (unpaired) electrons. The Morgan fingerprint density at radius 2 is 1.81 bits per heavy atom. The minimum Gasteiger partial charge on any atom is -0.493 e. The van der Waals surface area contributed by atoms with E-state index in [1.165, 1.54) is 11.3 Å². The molecule has 0 saturated heterocycles. The van der Waals surface area contributed by atoms with Crippen LogP contribution >= 0.6 is 23.6 Å². The number of benzene rings is 1. The van der Waals surface area contributed by atoms with Crippen LogP contribution in [0.2, 0.25) is 0 Å². The highest BCUT2D eigenvalue weighted by molar-refractivity contribution is 7.73. The van der Waals surface area contributed by atoms with Crippen LogP contribution in [0.5, 0.6) is 17.2 Å². The van der Waals surface area contributed by atoms with Crippen molar-refractivity contribution in [3.8, 4) is 17.2 Å². The van der Waals surface area contributed by atoms with E-state index in [0.717, 1.165) is 10.2 Å². The lowest BCUT2D eigenvalue weighted by atomic mass is 10.2. The quantitative estimate of drug-likeness (QED) is 0.858. The first kappa shape index (κ1) is 11.2. The highest BCUT2D eigenvalue weighted by Gasteiger charge is 2.17. The molecular weight excluding hydrogens is 246 g/mol. The van der Waals surface area contributed by atoms with Gasteiger partial charge in [-0.15, -0.1) is 11.3 Å². The van der Waals surface area contributed by atoms with Crippen molar-refractivity contribution in [3.63, 3.8) is 0 Å². The molecule has 0 spiro atoms. The highest BCUT2D eigenvalue weighted by atomic mass is 32.1. The fraction of sp³-hybridized carbons (Fsp3) is 0.300. The summed E-state index contributed by atoms with van der Waals surface area (Å²) in [6.07, 6.45) is 0. The maximum absolute atomic E-state index is 5.34. The fourth-order valence-corrected chi connectivity index (χ4v) is 2.75. The summed E-state index contributed by atoms with van der Waals surface area (Å²) >= 11 is 6.56. The van der Waals surface area contributed by atoms with Gasteiger partial charge in [-0.25, -0.2) is 0 Å². The molecule has 16 heavy (non-hydrogen) atoms. The van der Waals surface area contributed by atoms with Gasteiger partial charge in [-0.2, -0.15) is 0 Å². The zero-order valence-corrected chi connectivity index (χ0v) is 10.8. The number of aromatic nitrogens is 1. The molecule has 0 amide bonds. The van der Waals surface area contributed by atoms with Gasteiger partial charge >= 0.3 is 0 Å². The smallest absolute Gasteiger partial charge is 0.204 e. The normalized spacial score (nSPS) is 10.4. The molecule has 0 aliphatic rings. The zero-order valence-electron chi connectivity index (χ0n) is 9.12. The number of thiazole rings is 1. The van der Waals surface area contributed by atoms with E-state index in [4.69, 9.17) is 26.4 Å². The Hall–Kier alpha value is -1.27. The molecular formula is C10H11NO3S2. The highest BCUT2D eigenvalue weighted by Crippen LogP contribution is 2.44. The first-order valence-electron chi connectivity index (χ1n) is 4.53. The van der Waals surface area contributed by atoms with Gasteiger partial charge < -0.3 is 19.2 Å². The van der Waals surface area contributed by atoms with Gasteiger partial charge in [-0.05, 0) is 12.2 Å². The average molecular weight is 257 g/mol. The Morgan fingerprint density at radius 1 is 1.12 bits per heavy atom. The average Bonchev–Trinajstić information content (AvgIpc) is 2.66. The zero-order chi connectivity index (χ0) is 11.7. The van der Waals surface area contributed by atoms with Crippen LogP contribution in [0, 0.1) is 3.95 Å². The summed E-state index contributed by atoms with van der Waals surface area (Å²) in [5.74, 6) is 1.85. The molecule has 0 atom stereocenters. The molecule has 0 unspecified atom stereocenters. The van der Waals surface area contributed by atoms with Crippen LogP contribution < -0.4 is 14.2 Å². The minimum absolute atomic E-state index is 0.586. The second kappa shape index (κ2) is 4.31. The summed E-state index contributed by atoms with van der Waals surface area (Å²) in [5.41, 5.74) is 0.893. The standard InChI is InChI=1S/C10H11NO3S2/c1-12-6-4-5-9(16-10(15)11-5)8(14-3)7(6)13-2/h4H,1-3H3,(H,11,15). The number of hydrogen-bond donors (Lipinski definition) is 1. The lowest BCUT2D eigenvalue weighted by molar-refractivity contribution is 0.327. The topological polar surface area (TPSA) is 43.5 Å². The second-order valence-corrected chi connectivity index (χ2v) is 4.72. The van der Waals surface area contributed by atoms with Crippen molar-refractivity contribution in [1.82, 2.24) is 4.98 Å². The summed E-state index contributed by atoms with van der Waals surface area (Å²) in [7, 11) is 4.77. The van der Waals surface area contributed by atoms with Crippen LogP contribution in [0.25, 0.3) is 10.2 Å². The molecule has 1 N–H and O–H groups in total. The lowest BCUT2D eigenvalue weighted by Crippen LogP contribution is -1.94. The molecule has 0 saturated carbocycles. The van der Waals surface area contributed by atoms with Crippen LogP contribution in [0.3, 0.4) is 0 Å². The van der Waals surface area contributed by atoms with E-state index in [1.807, 2.05) is 6.07 Å². The van der Waals surface area contributed by atoms with Gasteiger partial charge in [0.15, 0.2) is 15.5 Å². The Morgan fingerprint density at radius 3 is 2.38 bits per heavy atom.